The van der Waals surface area contributed by atoms with E-state index in [9.17, 15) is 9.59 Å². The average Bonchev–Trinajstić information content (AvgIpc) is 2.77. The highest BCUT2D eigenvalue weighted by Gasteiger charge is 2.11. The molecule has 154 valence electrons. The Balaban J connectivity index is 1.58. The van der Waals surface area contributed by atoms with Crippen LogP contribution in [0.15, 0.2) is 66.7 Å². The molecule has 6 heteroatoms. The highest BCUT2D eigenvalue weighted by Crippen LogP contribution is 2.22. The lowest BCUT2D eigenvalue weighted by atomic mass is 10.1. The maximum Gasteiger partial charge on any atom is 0.246 e. The Kier molecular flexibility index (Phi) is 6.70. The van der Waals surface area contributed by atoms with Crippen molar-refractivity contribution in [1.29, 1.82) is 0 Å². The van der Waals surface area contributed by atoms with Crippen LogP contribution in [0, 0.1) is 0 Å². The smallest absolute Gasteiger partial charge is 0.246 e. The van der Waals surface area contributed by atoms with Crippen LogP contribution in [0.5, 0.6) is 11.5 Å². The summed E-state index contributed by atoms with van der Waals surface area (Å²) in [5.41, 5.74) is 1.54. The number of likely N-dealkylation sites (N-methyl/N-ethyl adjacent to an activating group) is 1. The SMILES string of the molecule is COc1ccc(NC(=O)CN(C)C(=O)/C=C/c2ccc3cc(OC)ccc3c2)cc1. The molecule has 0 radical (unpaired) electrons. The van der Waals surface area contributed by atoms with Crippen molar-refractivity contribution in [3.8, 4) is 11.5 Å². The highest BCUT2D eigenvalue weighted by molar-refractivity contribution is 5.98. The van der Waals surface area contributed by atoms with E-state index in [2.05, 4.69) is 5.32 Å². The van der Waals surface area contributed by atoms with Gasteiger partial charge >= 0.3 is 0 Å². The standard InChI is InChI=1S/C24H24N2O4/c1-26(16-23(27)25-20-8-11-21(29-2)12-9-20)24(28)13-5-17-4-6-19-15-22(30-3)10-7-18(19)14-17/h4-15H,16H2,1-3H3,(H,25,27)/b13-5+. The number of rotatable bonds is 7. The zero-order chi connectivity index (χ0) is 21.5. The molecule has 6 nitrogen and oxygen atoms in total. The molecule has 0 unspecified atom stereocenters. The van der Waals surface area contributed by atoms with Crippen LogP contribution < -0.4 is 14.8 Å². The van der Waals surface area contributed by atoms with Gasteiger partial charge in [-0.15, -0.1) is 0 Å². The molecule has 0 aliphatic carbocycles. The summed E-state index contributed by atoms with van der Waals surface area (Å²) in [7, 11) is 4.81. The lowest BCUT2D eigenvalue weighted by Crippen LogP contribution is -2.33. The van der Waals surface area contributed by atoms with E-state index in [0.717, 1.165) is 22.1 Å². The normalized spacial score (nSPS) is 10.8. The summed E-state index contributed by atoms with van der Waals surface area (Å²) in [6, 6.07) is 18.7. The summed E-state index contributed by atoms with van der Waals surface area (Å²) in [6.45, 7) is -0.0489. The van der Waals surface area contributed by atoms with Gasteiger partial charge in [0.05, 0.1) is 20.8 Å². The Hall–Kier alpha value is -3.80. The number of hydrogen-bond acceptors (Lipinski definition) is 4. The second-order valence-corrected chi connectivity index (χ2v) is 6.78. The number of anilines is 1. The Bertz CT molecular complexity index is 1070. The van der Waals surface area contributed by atoms with Crippen molar-refractivity contribution in [3.05, 3.63) is 72.3 Å². The van der Waals surface area contributed by atoms with Crippen LogP contribution in [0.2, 0.25) is 0 Å². The first-order valence-electron chi connectivity index (χ1n) is 9.43. The minimum absolute atomic E-state index is 0.0489. The molecule has 30 heavy (non-hydrogen) atoms. The monoisotopic (exact) mass is 404 g/mol. The molecule has 0 heterocycles. The fraction of sp³-hybridized carbons (Fsp3) is 0.167. The number of methoxy groups -OCH3 is 2. The second-order valence-electron chi connectivity index (χ2n) is 6.78. The molecule has 3 rings (SSSR count). The number of nitrogens with zero attached hydrogens (tertiary/aromatic N) is 1. The second kappa shape index (κ2) is 9.60. The minimum Gasteiger partial charge on any atom is -0.497 e. The van der Waals surface area contributed by atoms with Crippen molar-refractivity contribution >= 4 is 34.4 Å². The van der Waals surface area contributed by atoms with Gasteiger partial charge in [0.15, 0.2) is 0 Å². The Morgan fingerprint density at radius 1 is 0.900 bits per heavy atom. The van der Waals surface area contributed by atoms with E-state index < -0.39 is 0 Å². The van der Waals surface area contributed by atoms with E-state index in [-0.39, 0.29) is 18.4 Å². The zero-order valence-electron chi connectivity index (χ0n) is 17.2. The third-order valence-corrected chi connectivity index (χ3v) is 4.62. The Morgan fingerprint density at radius 2 is 1.53 bits per heavy atom. The fourth-order valence-electron chi connectivity index (χ4n) is 2.94. The third kappa shape index (κ3) is 5.38. The van der Waals surface area contributed by atoms with Crippen LogP contribution in [0.25, 0.3) is 16.8 Å². The largest absolute Gasteiger partial charge is 0.497 e. The topological polar surface area (TPSA) is 67.9 Å². The Morgan fingerprint density at radius 3 is 2.23 bits per heavy atom. The van der Waals surface area contributed by atoms with E-state index in [1.807, 2.05) is 36.4 Å². The van der Waals surface area contributed by atoms with Crippen LogP contribution in [0.3, 0.4) is 0 Å². The number of carbonyl (C=O) groups excluding carboxylic acids is 2. The van der Waals surface area contributed by atoms with Crippen LogP contribution in [-0.4, -0.2) is 44.5 Å². The molecular formula is C24H24N2O4. The average molecular weight is 404 g/mol. The number of fused-ring (bicyclic) bond motifs is 1. The lowest BCUT2D eigenvalue weighted by Gasteiger charge is -2.15. The van der Waals surface area contributed by atoms with Crippen molar-refractivity contribution in [2.24, 2.45) is 0 Å². The fourth-order valence-corrected chi connectivity index (χ4v) is 2.94. The van der Waals surface area contributed by atoms with Gasteiger partial charge in [0, 0.05) is 18.8 Å². The first kappa shape index (κ1) is 20.9. The molecule has 0 fully saturated rings. The molecule has 0 spiro atoms. The molecule has 0 aliphatic rings. The van der Waals surface area contributed by atoms with Gasteiger partial charge in [-0.05, 0) is 64.9 Å². The first-order valence-corrected chi connectivity index (χ1v) is 9.43. The minimum atomic E-state index is -0.274. The van der Waals surface area contributed by atoms with E-state index in [0.29, 0.717) is 11.4 Å². The van der Waals surface area contributed by atoms with Crippen LogP contribution in [-0.2, 0) is 9.59 Å². The van der Waals surface area contributed by atoms with E-state index in [4.69, 9.17) is 9.47 Å². The first-order chi connectivity index (χ1) is 14.5. The van der Waals surface area contributed by atoms with E-state index in [1.165, 1.54) is 11.0 Å². The van der Waals surface area contributed by atoms with E-state index in [1.54, 1.807) is 51.6 Å². The number of carbonyl (C=O) groups is 2. The molecule has 0 aromatic heterocycles. The summed E-state index contributed by atoms with van der Waals surface area (Å²) in [4.78, 5) is 25.9. The van der Waals surface area contributed by atoms with Gasteiger partial charge in [-0.1, -0.05) is 18.2 Å². The maximum absolute atomic E-state index is 12.4. The number of hydrogen-bond donors (Lipinski definition) is 1. The third-order valence-electron chi connectivity index (χ3n) is 4.62. The van der Waals surface area contributed by atoms with Gasteiger partial charge in [0.2, 0.25) is 11.8 Å². The number of amides is 2. The van der Waals surface area contributed by atoms with Gasteiger partial charge in [-0.2, -0.15) is 0 Å². The molecule has 0 saturated carbocycles. The maximum atomic E-state index is 12.4. The molecule has 0 atom stereocenters. The van der Waals surface area contributed by atoms with Gasteiger partial charge in [0.25, 0.3) is 0 Å². The van der Waals surface area contributed by atoms with Crippen LogP contribution in [0.4, 0.5) is 5.69 Å². The van der Waals surface area contributed by atoms with E-state index >= 15 is 0 Å². The van der Waals surface area contributed by atoms with Crippen molar-refractivity contribution in [3.63, 3.8) is 0 Å². The highest BCUT2D eigenvalue weighted by atomic mass is 16.5. The van der Waals surface area contributed by atoms with Gasteiger partial charge in [-0.25, -0.2) is 0 Å². The molecule has 0 saturated heterocycles. The summed E-state index contributed by atoms with van der Waals surface area (Å²) in [6.07, 6.45) is 3.20. The summed E-state index contributed by atoms with van der Waals surface area (Å²) in [5, 5.41) is 4.87. The quantitative estimate of drug-likeness (QED) is 0.605. The number of benzene rings is 3. The predicted octanol–water partition coefficient (Wildman–Crippen LogP) is 3.97. The summed E-state index contributed by atoms with van der Waals surface area (Å²) >= 11 is 0. The Labute approximate surface area is 175 Å². The number of nitrogens with one attached hydrogen (secondary N) is 1. The van der Waals surface area contributed by atoms with Gasteiger partial charge in [0.1, 0.15) is 11.5 Å². The van der Waals surface area contributed by atoms with Crippen molar-refractivity contribution in [2.45, 2.75) is 0 Å². The van der Waals surface area contributed by atoms with Crippen molar-refractivity contribution < 1.29 is 19.1 Å². The molecule has 3 aromatic rings. The molecule has 2 amide bonds. The van der Waals surface area contributed by atoms with Gasteiger partial charge in [-0.3, -0.25) is 9.59 Å². The molecule has 0 bridgehead atoms. The molecular weight excluding hydrogens is 380 g/mol. The predicted molar refractivity (Wildman–Crippen MR) is 119 cm³/mol. The van der Waals surface area contributed by atoms with Crippen molar-refractivity contribution in [2.75, 3.05) is 33.1 Å². The molecule has 3 aromatic carbocycles. The molecule has 1 N–H and O–H groups in total. The van der Waals surface area contributed by atoms with Crippen molar-refractivity contribution in [1.82, 2.24) is 4.90 Å². The molecule has 0 aliphatic heterocycles. The van der Waals surface area contributed by atoms with Crippen LogP contribution >= 0.6 is 0 Å². The lowest BCUT2D eigenvalue weighted by molar-refractivity contribution is -0.129. The van der Waals surface area contributed by atoms with Gasteiger partial charge < -0.3 is 19.7 Å². The summed E-state index contributed by atoms with van der Waals surface area (Å²) < 4.78 is 10.3. The van der Waals surface area contributed by atoms with Crippen LogP contribution in [0.1, 0.15) is 5.56 Å². The summed E-state index contributed by atoms with van der Waals surface area (Å²) in [5.74, 6) is 0.979. The zero-order valence-corrected chi connectivity index (χ0v) is 17.2. The number of ether oxygens (including phenoxy) is 2.